The topological polar surface area (TPSA) is 120 Å². The highest BCUT2D eigenvalue weighted by atomic mass is 32.2. The number of sulfone groups is 1. The summed E-state index contributed by atoms with van der Waals surface area (Å²) in [5.41, 5.74) is -0.792. The second-order valence-electron chi connectivity index (χ2n) is 5.72. The van der Waals surface area contributed by atoms with E-state index in [0.717, 1.165) is 18.2 Å². The molecule has 2 aromatic carbocycles. The van der Waals surface area contributed by atoms with Crippen LogP contribution in [-0.4, -0.2) is 19.2 Å². The van der Waals surface area contributed by atoms with Gasteiger partial charge in [0.2, 0.25) is 5.82 Å². The number of nitro groups is 1. The summed E-state index contributed by atoms with van der Waals surface area (Å²) in [6.07, 6.45) is 0. The first-order chi connectivity index (χ1) is 13.3. The van der Waals surface area contributed by atoms with E-state index >= 15 is 0 Å². The van der Waals surface area contributed by atoms with Crippen molar-refractivity contribution in [1.29, 1.82) is 0 Å². The minimum Gasteiger partial charge on any atom is -0.455 e. The molecule has 0 radical (unpaired) electrons. The van der Waals surface area contributed by atoms with Crippen LogP contribution in [0.5, 0.6) is 0 Å². The minimum absolute atomic E-state index is 0.00652. The molecule has 8 nitrogen and oxygen atoms in total. The molecule has 1 amide bonds. The Morgan fingerprint density at radius 1 is 1.11 bits per heavy atom. The highest BCUT2D eigenvalue weighted by Crippen LogP contribution is 2.23. The number of anilines is 1. The molecule has 0 aliphatic rings. The van der Waals surface area contributed by atoms with Crippen LogP contribution in [0.4, 0.5) is 15.8 Å². The van der Waals surface area contributed by atoms with Gasteiger partial charge in [0.05, 0.1) is 9.82 Å². The molecule has 144 valence electrons. The van der Waals surface area contributed by atoms with Crippen LogP contribution in [0.3, 0.4) is 0 Å². The summed E-state index contributed by atoms with van der Waals surface area (Å²) in [5.74, 6) is -2.37. The number of benzene rings is 2. The highest BCUT2D eigenvalue weighted by Gasteiger charge is 2.20. The molecule has 28 heavy (non-hydrogen) atoms. The van der Waals surface area contributed by atoms with Crippen LogP contribution in [0.1, 0.15) is 16.3 Å². The van der Waals surface area contributed by atoms with Gasteiger partial charge in [-0.2, -0.15) is 4.39 Å². The Hall–Kier alpha value is -3.53. The molecule has 1 aromatic heterocycles. The fourth-order valence-corrected chi connectivity index (χ4v) is 3.67. The van der Waals surface area contributed by atoms with E-state index in [4.69, 9.17) is 4.42 Å². The van der Waals surface area contributed by atoms with Crippen molar-refractivity contribution in [2.75, 3.05) is 5.32 Å². The van der Waals surface area contributed by atoms with Crippen LogP contribution in [0.2, 0.25) is 0 Å². The SMILES string of the molecule is O=C(Nc1ccc(F)c([N+](=O)[O-])c1)c1ccc(CS(=O)(=O)c2ccccc2)o1. The second-order valence-corrected chi connectivity index (χ2v) is 7.71. The van der Waals surface area contributed by atoms with E-state index in [1.165, 1.54) is 24.3 Å². The van der Waals surface area contributed by atoms with Gasteiger partial charge in [0, 0.05) is 11.8 Å². The van der Waals surface area contributed by atoms with Gasteiger partial charge >= 0.3 is 5.69 Å². The molecule has 0 unspecified atom stereocenters. The molecule has 3 aromatic rings. The summed E-state index contributed by atoms with van der Waals surface area (Å²) < 4.78 is 43.3. The van der Waals surface area contributed by atoms with Crippen LogP contribution in [-0.2, 0) is 15.6 Å². The Kier molecular flexibility index (Phi) is 5.23. The molecular formula is C18H13FN2O6S. The summed E-state index contributed by atoms with van der Waals surface area (Å²) in [6.45, 7) is 0. The van der Waals surface area contributed by atoms with Gasteiger partial charge in [-0.15, -0.1) is 0 Å². The Morgan fingerprint density at radius 3 is 2.50 bits per heavy atom. The van der Waals surface area contributed by atoms with E-state index in [0.29, 0.717) is 0 Å². The molecule has 0 saturated heterocycles. The molecule has 1 heterocycles. The van der Waals surface area contributed by atoms with Gasteiger partial charge in [0.25, 0.3) is 5.91 Å². The summed E-state index contributed by atoms with van der Waals surface area (Å²) in [6, 6.07) is 13.3. The van der Waals surface area contributed by atoms with Gasteiger partial charge in [0.15, 0.2) is 15.6 Å². The van der Waals surface area contributed by atoms with Gasteiger partial charge in [-0.3, -0.25) is 14.9 Å². The molecule has 0 atom stereocenters. The second kappa shape index (κ2) is 7.61. The number of hydrogen-bond donors (Lipinski definition) is 1. The Labute approximate surface area is 158 Å². The molecule has 1 N–H and O–H groups in total. The van der Waals surface area contributed by atoms with Crippen molar-refractivity contribution < 1.29 is 26.9 Å². The maximum Gasteiger partial charge on any atom is 0.306 e. The van der Waals surface area contributed by atoms with Gasteiger partial charge in [-0.25, -0.2) is 8.42 Å². The monoisotopic (exact) mass is 404 g/mol. The Bertz CT molecular complexity index is 1140. The first-order valence-electron chi connectivity index (χ1n) is 7.88. The molecule has 10 heteroatoms. The lowest BCUT2D eigenvalue weighted by molar-refractivity contribution is -0.387. The van der Waals surface area contributed by atoms with Gasteiger partial charge < -0.3 is 9.73 Å². The molecule has 0 saturated carbocycles. The molecule has 3 rings (SSSR count). The average Bonchev–Trinajstić information content (AvgIpc) is 3.11. The fraction of sp³-hybridized carbons (Fsp3) is 0.0556. The van der Waals surface area contributed by atoms with Crippen LogP contribution >= 0.6 is 0 Å². The highest BCUT2D eigenvalue weighted by molar-refractivity contribution is 7.90. The number of carbonyl (C=O) groups excluding carboxylic acids is 1. The first kappa shape index (κ1) is 19.2. The van der Waals surface area contributed by atoms with Crippen molar-refractivity contribution in [2.24, 2.45) is 0 Å². The number of carbonyl (C=O) groups is 1. The predicted octanol–water partition coefficient (Wildman–Crippen LogP) is 3.55. The number of halogens is 1. The quantitative estimate of drug-likeness (QED) is 0.496. The van der Waals surface area contributed by atoms with E-state index in [9.17, 15) is 27.7 Å². The van der Waals surface area contributed by atoms with Crippen molar-refractivity contribution in [1.82, 2.24) is 0 Å². The zero-order chi connectivity index (χ0) is 20.3. The normalized spacial score (nSPS) is 11.2. The lowest BCUT2D eigenvalue weighted by Crippen LogP contribution is -2.11. The lowest BCUT2D eigenvalue weighted by Gasteiger charge is -2.04. The average molecular weight is 404 g/mol. The summed E-state index contributed by atoms with van der Waals surface area (Å²) in [7, 11) is -3.65. The minimum atomic E-state index is -3.65. The van der Waals surface area contributed by atoms with Crippen molar-refractivity contribution in [3.05, 3.63) is 88.1 Å². The van der Waals surface area contributed by atoms with Gasteiger partial charge in [-0.05, 0) is 36.4 Å². The molecule has 0 aliphatic heterocycles. The third-order valence-corrected chi connectivity index (χ3v) is 5.38. The number of rotatable bonds is 6. The number of amides is 1. The van der Waals surface area contributed by atoms with Crippen molar-refractivity contribution in [2.45, 2.75) is 10.6 Å². The zero-order valence-corrected chi connectivity index (χ0v) is 15.0. The third kappa shape index (κ3) is 4.23. The van der Waals surface area contributed by atoms with Crippen molar-refractivity contribution >= 4 is 27.1 Å². The van der Waals surface area contributed by atoms with E-state index < -0.39 is 37.9 Å². The van der Waals surface area contributed by atoms with Crippen LogP contribution in [0.15, 0.2) is 70.0 Å². The third-order valence-electron chi connectivity index (χ3n) is 3.72. The summed E-state index contributed by atoms with van der Waals surface area (Å²) >= 11 is 0. The van der Waals surface area contributed by atoms with Gasteiger partial charge in [0.1, 0.15) is 11.5 Å². The first-order valence-corrected chi connectivity index (χ1v) is 9.53. The van der Waals surface area contributed by atoms with E-state index in [1.807, 2.05) is 0 Å². The molecular weight excluding hydrogens is 391 g/mol. The lowest BCUT2D eigenvalue weighted by atomic mass is 10.2. The van der Waals surface area contributed by atoms with E-state index in [-0.39, 0.29) is 22.1 Å². The number of furan rings is 1. The van der Waals surface area contributed by atoms with Crippen molar-refractivity contribution in [3.8, 4) is 0 Å². The number of hydrogen-bond acceptors (Lipinski definition) is 6. The molecule has 0 aliphatic carbocycles. The standard InChI is InChI=1S/C18H13FN2O6S/c19-15-8-6-12(10-16(15)21(23)24)20-18(22)17-9-7-13(27-17)11-28(25,26)14-4-2-1-3-5-14/h1-10H,11H2,(H,20,22). The molecule has 0 fully saturated rings. The molecule has 0 spiro atoms. The molecule has 0 bridgehead atoms. The van der Waals surface area contributed by atoms with E-state index in [1.54, 1.807) is 18.2 Å². The largest absolute Gasteiger partial charge is 0.455 e. The number of nitrogens with one attached hydrogen (secondary N) is 1. The predicted molar refractivity (Wildman–Crippen MR) is 97.0 cm³/mol. The smallest absolute Gasteiger partial charge is 0.306 e. The summed E-state index contributed by atoms with van der Waals surface area (Å²) in [5, 5.41) is 13.1. The summed E-state index contributed by atoms with van der Waals surface area (Å²) in [4.78, 5) is 22.2. The van der Waals surface area contributed by atoms with Gasteiger partial charge in [-0.1, -0.05) is 18.2 Å². The number of nitro benzene ring substituents is 1. The number of nitrogens with zero attached hydrogens (tertiary/aromatic N) is 1. The van der Waals surface area contributed by atoms with Crippen LogP contribution < -0.4 is 5.32 Å². The van der Waals surface area contributed by atoms with E-state index in [2.05, 4.69) is 5.32 Å². The maximum absolute atomic E-state index is 13.4. The maximum atomic E-state index is 13.4. The van der Waals surface area contributed by atoms with Crippen LogP contribution in [0.25, 0.3) is 0 Å². The zero-order valence-electron chi connectivity index (χ0n) is 14.2. The Balaban J connectivity index is 1.74. The Morgan fingerprint density at radius 2 is 1.82 bits per heavy atom. The fourth-order valence-electron chi connectivity index (χ4n) is 2.40. The van der Waals surface area contributed by atoms with Crippen LogP contribution in [0, 0.1) is 15.9 Å². The van der Waals surface area contributed by atoms with Crippen molar-refractivity contribution in [3.63, 3.8) is 0 Å².